The zero-order chi connectivity index (χ0) is 25.0. The Kier molecular flexibility index (Phi) is 15.8. The van der Waals surface area contributed by atoms with Gasteiger partial charge >= 0.3 is 0 Å². The van der Waals surface area contributed by atoms with Crippen LogP contribution in [0, 0.1) is 47.4 Å². The topological polar surface area (TPSA) is 18.5 Å². The summed E-state index contributed by atoms with van der Waals surface area (Å²) in [6.07, 6.45) is 10.2. The lowest BCUT2D eigenvalue weighted by molar-refractivity contribution is 0.389. The summed E-state index contributed by atoms with van der Waals surface area (Å²) < 4.78 is 12.1. The molecule has 0 N–H and O–H groups in total. The van der Waals surface area contributed by atoms with Crippen molar-refractivity contribution in [2.75, 3.05) is 14.2 Å². The van der Waals surface area contributed by atoms with Crippen molar-refractivity contribution in [2.45, 2.75) is 105 Å². The molecule has 2 heteroatoms. The van der Waals surface area contributed by atoms with Crippen LogP contribution in [-0.2, 0) is 25.7 Å². The first-order chi connectivity index (χ1) is 16.7. The van der Waals surface area contributed by atoms with E-state index in [2.05, 4.69) is 75.1 Å². The molecule has 34 heavy (non-hydrogen) atoms. The fourth-order valence-electron chi connectivity index (χ4n) is 3.61. The summed E-state index contributed by atoms with van der Waals surface area (Å²) in [4.78, 5) is 0. The van der Waals surface area contributed by atoms with Crippen LogP contribution < -0.4 is 9.47 Å². The van der Waals surface area contributed by atoms with Crippen LogP contribution in [0.2, 0.25) is 0 Å². The van der Waals surface area contributed by atoms with Crippen molar-refractivity contribution in [1.82, 2.24) is 0 Å². The van der Waals surface area contributed by atoms with Crippen LogP contribution in [-0.4, -0.2) is 14.2 Å². The Balaban J connectivity index is 3.79. The standard InChI is InChI=1S/C32H42O2/c1-7-11-15-19-23-27-28(24-20-16-12-8-2)32(34-6)30(26-22-18-14-10-4)29(31(27)33-5)25-21-17-13-9-3/h7-14,23-26H2,1-6H3. The summed E-state index contributed by atoms with van der Waals surface area (Å²) in [6, 6.07) is 0. The largest absolute Gasteiger partial charge is 0.496 e. The van der Waals surface area contributed by atoms with Crippen LogP contribution in [0.15, 0.2) is 0 Å². The van der Waals surface area contributed by atoms with Gasteiger partial charge in [0.2, 0.25) is 0 Å². The molecule has 0 unspecified atom stereocenters. The molecular formula is C32H42O2. The zero-order valence-electron chi connectivity index (χ0n) is 22.3. The van der Waals surface area contributed by atoms with Gasteiger partial charge in [-0.15, -0.1) is 23.7 Å². The molecule has 0 aliphatic heterocycles. The van der Waals surface area contributed by atoms with E-state index in [-0.39, 0.29) is 0 Å². The van der Waals surface area contributed by atoms with Crippen molar-refractivity contribution in [2.24, 2.45) is 0 Å². The van der Waals surface area contributed by atoms with Crippen LogP contribution >= 0.6 is 0 Å². The highest BCUT2D eigenvalue weighted by molar-refractivity contribution is 5.62. The van der Waals surface area contributed by atoms with Crippen LogP contribution in [0.4, 0.5) is 0 Å². The lowest BCUT2D eigenvalue weighted by atomic mass is 9.89. The Bertz CT molecular complexity index is 841. The molecule has 0 saturated heterocycles. The van der Waals surface area contributed by atoms with Crippen molar-refractivity contribution in [3.8, 4) is 58.9 Å². The lowest BCUT2D eigenvalue weighted by Crippen LogP contribution is -2.09. The molecule has 0 aliphatic carbocycles. The van der Waals surface area contributed by atoms with E-state index in [1.165, 1.54) is 0 Å². The molecule has 1 aromatic rings. The van der Waals surface area contributed by atoms with Gasteiger partial charge in [0.1, 0.15) is 11.5 Å². The third-order valence-electron chi connectivity index (χ3n) is 5.29. The maximum Gasteiger partial charge on any atom is 0.128 e. The van der Waals surface area contributed by atoms with Gasteiger partial charge in [0.25, 0.3) is 0 Å². The maximum absolute atomic E-state index is 6.04. The van der Waals surface area contributed by atoms with E-state index in [1.54, 1.807) is 14.2 Å². The zero-order valence-corrected chi connectivity index (χ0v) is 22.3. The van der Waals surface area contributed by atoms with Crippen molar-refractivity contribution < 1.29 is 9.47 Å². The molecule has 0 radical (unpaired) electrons. The second-order valence-corrected chi connectivity index (χ2v) is 8.10. The number of methoxy groups -OCH3 is 2. The van der Waals surface area contributed by atoms with Gasteiger partial charge in [-0.25, -0.2) is 0 Å². The molecule has 0 aromatic heterocycles. The number of rotatable bonds is 10. The number of unbranched alkanes of at least 4 members (excludes halogenated alkanes) is 4. The Hall–Kier alpha value is -2.94. The summed E-state index contributed by atoms with van der Waals surface area (Å²) in [5.41, 5.74) is 4.30. The highest BCUT2D eigenvalue weighted by atomic mass is 16.5. The molecule has 0 amide bonds. The van der Waals surface area contributed by atoms with Gasteiger partial charge in [0.15, 0.2) is 0 Å². The van der Waals surface area contributed by atoms with Gasteiger partial charge < -0.3 is 9.47 Å². The predicted molar refractivity (Wildman–Crippen MR) is 145 cm³/mol. The summed E-state index contributed by atoms with van der Waals surface area (Å²) in [5.74, 6) is 28.3. The third kappa shape index (κ3) is 9.51. The van der Waals surface area contributed by atoms with Gasteiger partial charge in [-0.2, -0.15) is 0 Å². The normalized spacial score (nSPS) is 9.35. The van der Waals surface area contributed by atoms with Crippen molar-refractivity contribution in [1.29, 1.82) is 0 Å². The maximum atomic E-state index is 6.04. The van der Waals surface area contributed by atoms with Crippen LogP contribution in [0.3, 0.4) is 0 Å². The molecule has 0 aliphatic rings. The fraction of sp³-hybridized carbons (Fsp3) is 0.562. The van der Waals surface area contributed by atoms with Crippen LogP contribution in [0.1, 0.15) is 101 Å². The first-order valence-corrected chi connectivity index (χ1v) is 12.8. The van der Waals surface area contributed by atoms with E-state index >= 15 is 0 Å². The molecule has 0 saturated carbocycles. The Morgan fingerprint density at radius 3 is 0.824 bits per heavy atom. The van der Waals surface area contributed by atoms with E-state index in [4.69, 9.17) is 9.47 Å². The molecule has 182 valence electrons. The Labute approximate surface area is 209 Å². The van der Waals surface area contributed by atoms with E-state index in [0.717, 1.165) is 85.1 Å². The van der Waals surface area contributed by atoms with Crippen LogP contribution in [0.5, 0.6) is 11.5 Å². The molecule has 2 nitrogen and oxygen atoms in total. The van der Waals surface area contributed by atoms with Gasteiger partial charge in [-0.3, -0.25) is 0 Å². The summed E-state index contributed by atoms with van der Waals surface area (Å²) >= 11 is 0. The molecule has 1 rings (SSSR count). The minimum Gasteiger partial charge on any atom is -0.496 e. The Morgan fingerprint density at radius 2 is 0.647 bits per heavy atom. The minimum absolute atomic E-state index is 0.613. The molecule has 0 spiro atoms. The predicted octanol–water partition coefficient (Wildman–Crippen LogP) is 7.09. The van der Waals surface area contributed by atoms with Crippen molar-refractivity contribution in [3.63, 3.8) is 0 Å². The summed E-state index contributed by atoms with van der Waals surface area (Å²) in [6.45, 7) is 8.59. The molecule has 0 atom stereocenters. The van der Waals surface area contributed by atoms with Gasteiger partial charge in [0, 0.05) is 73.6 Å². The minimum atomic E-state index is 0.613. The van der Waals surface area contributed by atoms with E-state index in [0.29, 0.717) is 25.7 Å². The Morgan fingerprint density at radius 1 is 0.412 bits per heavy atom. The van der Waals surface area contributed by atoms with Crippen molar-refractivity contribution in [3.05, 3.63) is 22.3 Å². The highest BCUT2D eigenvalue weighted by Gasteiger charge is 2.24. The molecule has 0 fully saturated rings. The quantitative estimate of drug-likeness (QED) is 0.349. The molecule has 0 bridgehead atoms. The summed E-state index contributed by atoms with van der Waals surface area (Å²) in [5, 5.41) is 0. The van der Waals surface area contributed by atoms with E-state index < -0.39 is 0 Å². The van der Waals surface area contributed by atoms with Gasteiger partial charge in [-0.1, -0.05) is 51.4 Å². The molecule has 0 heterocycles. The molecular weight excluding hydrogens is 416 g/mol. The van der Waals surface area contributed by atoms with E-state index in [9.17, 15) is 0 Å². The lowest BCUT2D eigenvalue weighted by Gasteiger charge is -2.22. The number of hydrogen-bond acceptors (Lipinski definition) is 2. The van der Waals surface area contributed by atoms with Gasteiger partial charge in [0.05, 0.1) is 14.2 Å². The first-order valence-electron chi connectivity index (χ1n) is 12.8. The van der Waals surface area contributed by atoms with Gasteiger partial charge in [-0.05, 0) is 25.7 Å². The fourth-order valence-corrected chi connectivity index (χ4v) is 3.61. The second kappa shape index (κ2) is 18.5. The average Bonchev–Trinajstić information content (AvgIpc) is 2.85. The van der Waals surface area contributed by atoms with E-state index in [1.807, 2.05) is 0 Å². The molecule has 1 aromatic carbocycles. The van der Waals surface area contributed by atoms with Crippen molar-refractivity contribution >= 4 is 0 Å². The third-order valence-corrected chi connectivity index (χ3v) is 5.29. The summed E-state index contributed by atoms with van der Waals surface area (Å²) in [7, 11) is 3.49. The van der Waals surface area contributed by atoms with Crippen LogP contribution in [0.25, 0.3) is 0 Å². The second-order valence-electron chi connectivity index (χ2n) is 8.10. The number of benzene rings is 1. The number of hydrogen-bond donors (Lipinski definition) is 0. The number of ether oxygens (including phenoxy) is 2. The smallest absolute Gasteiger partial charge is 0.128 e. The first kappa shape index (κ1) is 29.1. The monoisotopic (exact) mass is 458 g/mol. The average molecular weight is 459 g/mol. The SMILES string of the molecule is CCCC#CCc1c(CC#CCCC)c(OC)c(CC#CCCC)c(CC#CCCC)c1OC. The highest BCUT2D eigenvalue weighted by Crippen LogP contribution is 2.40.